The van der Waals surface area contributed by atoms with Crippen LogP contribution in [0.1, 0.15) is 35.7 Å². The smallest absolute Gasteiger partial charge is 0.337 e. The maximum Gasteiger partial charge on any atom is 0.337 e. The first-order chi connectivity index (χ1) is 10.7. The van der Waals surface area contributed by atoms with Crippen molar-refractivity contribution in [1.29, 1.82) is 0 Å². The van der Waals surface area contributed by atoms with Gasteiger partial charge in [0.1, 0.15) is 0 Å². The first-order valence-electron chi connectivity index (χ1n) is 7.73. The Morgan fingerprint density at radius 1 is 1.27 bits per heavy atom. The zero-order valence-corrected chi connectivity index (χ0v) is 13.2. The second-order valence-electron chi connectivity index (χ2n) is 5.29. The minimum atomic E-state index is -0.307. The van der Waals surface area contributed by atoms with Crippen LogP contribution in [0.25, 0.3) is 6.08 Å². The lowest BCUT2D eigenvalue weighted by molar-refractivity contribution is 0.0600. The van der Waals surface area contributed by atoms with Gasteiger partial charge in [-0.1, -0.05) is 49.8 Å². The fourth-order valence-electron chi connectivity index (χ4n) is 2.34. The van der Waals surface area contributed by atoms with Gasteiger partial charge in [0.25, 0.3) is 0 Å². The predicted octanol–water partition coefficient (Wildman–Crippen LogP) is 3.74. The zero-order chi connectivity index (χ0) is 15.8. The fourth-order valence-corrected chi connectivity index (χ4v) is 2.34. The Kier molecular flexibility index (Phi) is 6.16. The van der Waals surface area contributed by atoms with Crippen LogP contribution in [-0.4, -0.2) is 25.7 Å². The van der Waals surface area contributed by atoms with Gasteiger partial charge >= 0.3 is 5.97 Å². The summed E-state index contributed by atoms with van der Waals surface area (Å²) >= 11 is 0. The minimum absolute atomic E-state index is 0.247. The highest BCUT2D eigenvalue weighted by atomic mass is 16.5. The Hall–Kier alpha value is -2.13. The molecule has 0 spiro atoms. The molecule has 0 fully saturated rings. The maximum atomic E-state index is 11.4. The average molecular weight is 297 g/mol. The van der Waals surface area contributed by atoms with Crippen LogP contribution < -0.4 is 5.32 Å². The van der Waals surface area contributed by atoms with Crippen LogP contribution in [0.2, 0.25) is 0 Å². The minimum Gasteiger partial charge on any atom is -0.465 e. The van der Waals surface area contributed by atoms with Crippen molar-refractivity contribution in [1.82, 2.24) is 5.32 Å². The molecule has 0 radical (unpaired) electrons. The largest absolute Gasteiger partial charge is 0.465 e. The molecule has 3 nitrogen and oxygen atoms in total. The Morgan fingerprint density at radius 2 is 2.05 bits per heavy atom. The van der Waals surface area contributed by atoms with E-state index in [1.165, 1.54) is 25.5 Å². The van der Waals surface area contributed by atoms with E-state index in [0.29, 0.717) is 5.56 Å². The quantitative estimate of drug-likeness (QED) is 0.642. The number of esters is 1. The normalized spacial score (nSPS) is 18.6. The van der Waals surface area contributed by atoms with Crippen molar-refractivity contribution in [3.05, 3.63) is 65.3 Å². The van der Waals surface area contributed by atoms with Crippen molar-refractivity contribution in [3.63, 3.8) is 0 Å². The van der Waals surface area contributed by atoms with Crippen molar-refractivity contribution in [2.75, 3.05) is 13.7 Å². The lowest BCUT2D eigenvalue weighted by Crippen LogP contribution is -2.30. The number of ether oxygens (including phenoxy) is 1. The highest BCUT2D eigenvalue weighted by molar-refractivity contribution is 5.89. The third-order valence-electron chi connectivity index (χ3n) is 3.62. The Labute approximate surface area is 132 Å². The molecule has 2 rings (SSSR count). The lowest BCUT2D eigenvalue weighted by atomic mass is 9.98. The van der Waals surface area contributed by atoms with E-state index in [2.05, 4.69) is 36.5 Å². The molecule has 0 saturated carbocycles. The van der Waals surface area contributed by atoms with Crippen molar-refractivity contribution in [2.45, 2.75) is 25.8 Å². The van der Waals surface area contributed by atoms with E-state index in [4.69, 9.17) is 4.74 Å². The van der Waals surface area contributed by atoms with Crippen molar-refractivity contribution < 1.29 is 9.53 Å². The van der Waals surface area contributed by atoms with Gasteiger partial charge in [-0.25, -0.2) is 4.79 Å². The number of benzene rings is 1. The molecule has 0 amide bonds. The van der Waals surface area contributed by atoms with E-state index in [1.54, 1.807) is 12.1 Å². The molecule has 1 aromatic carbocycles. The summed E-state index contributed by atoms with van der Waals surface area (Å²) in [5, 5.41) is 3.55. The molecule has 0 saturated heterocycles. The molecule has 22 heavy (non-hydrogen) atoms. The number of nitrogens with one attached hydrogen (secondary N) is 1. The summed E-state index contributed by atoms with van der Waals surface area (Å²) in [7, 11) is 1.39. The predicted molar refractivity (Wildman–Crippen MR) is 90.7 cm³/mol. The second-order valence-corrected chi connectivity index (χ2v) is 5.29. The molecule has 0 aliphatic heterocycles. The van der Waals surface area contributed by atoms with E-state index >= 15 is 0 Å². The molecule has 1 aliphatic rings. The molecule has 1 aromatic rings. The molecule has 1 aliphatic carbocycles. The van der Waals surface area contributed by atoms with Crippen LogP contribution >= 0.6 is 0 Å². The monoisotopic (exact) mass is 297 g/mol. The number of methoxy groups -OCH3 is 1. The van der Waals surface area contributed by atoms with E-state index in [0.717, 1.165) is 12.1 Å². The fraction of sp³-hybridized carbons (Fsp3) is 0.316. The maximum absolute atomic E-state index is 11.4. The summed E-state index contributed by atoms with van der Waals surface area (Å²) in [5.74, 6) is -0.307. The highest BCUT2D eigenvalue weighted by Crippen LogP contribution is 2.17. The Balaban J connectivity index is 2.10. The number of carbonyl (C=O) groups excluding carboxylic acids is 1. The van der Waals surface area contributed by atoms with Gasteiger partial charge < -0.3 is 10.1 Å². The molecule has 3 heteroatoms. The average Bonchev–Trinajstić information content (AvgIpc) is 2.56. The van der Waals surface area contributed by atoms with Crippen LogP contribution in [0.4, 0.5) is 0 Å². The number of hydrogen-bond donors (Lipinski definition) is 1. The third-order valence-corrected chi connectivity index (χ3v) is 3.62. The lowest BCUT2D eigenvalue weighted by Gasteiger charge is -2.19. The van der Waals surface area contributed by atoms with Gasteiger partial charge in [-0.05, 0) is 42.3 Å². The molecule has 116 valence electrons. The number of rotatable bonds is 6. The number of allylic oxidation sites excluding steroid dienone is 2. The van der Waals surface area contributed by atoms with Crippen LogP contribution in [0.15, 0.2) is 54.1 Å². The molecule has 1 unspecified atom stereocenters. The Bertz CT molecular complexity index is 582. The standard InChI is InChI=1S/C19H23NO2/c1-3-4-13-20-18-8-6-5-7-17(18)14-15-9-11-16(12-10-15)19(21)22-2/h5-12,14,18,20H,3-4,13H2,1-2H3. The number of hydrogen-bond acceptors (Lipinski definition) is 3. The SMILES string of the molecule is CCCCNC1C=CC=CC1=Cc1ccc(C(=O)OC)cc1. The van der Waals surface area contributed by atoms with Crippen LogP contribution in [0.3, 0.4) is 0 Å². The van der Waals surface area contributed by atoms with Crippen LogP contribution in [0.5, 0.6) is 0 Å². The topological polar surface area (TPSA) is 38.3 Å². The molecule has 1 N–H and O–H groups in total. The first-order valence-corrected chi connectivity index (χ1v) is 7.73. The Morgan fingerprint density at radius 3 is 2.73 bits per heavy atom. The zero-order valence-electron chi connectivity index (χ0n) is 13.2. The summed E-state index contributed by atoms with van der Waals surface area (Å²) in [4.78, 5) is 11.4. The summed E-state index contributed by atoms with van der Waals surface area (Å²) in [6.07, 6.45) is 12.9. The van der Waals surface area contributed by atoms with Gasteiger partial charge in [0.15, 0.2) is 0 Å². The van der Waals surface area contributed by atoms with E-state index in [-0.39, 0.29) is 12.0 Å². The second kappa shape index (κ2) is 8.35. The molecule has 0 bridgehead atoms. The van der Waals surface area contributed by atoms with E-state index in [1.807, 2.05) is 18.2 Å². The van der Waals surface area contributed by atoms with Gasteiger partial charge in [0.2, 0.25) is 0 Å². The van der Waals surface area contributed by atoms with Gasteiger partial charge in [0.05, 0.1) is 18.7 Å². The van der Waals surface area contributed by atoms with Gasteiger partial charge in [0, 0.05) is 0 Å². The highest BCUT2D eigenvalue weighted by Gasteiger charge is 2.10. The molecular weight excluding hydrogens is 274 g/mol. The summed E-state index contributed by atoms with van der Waals surface area (Å²) < 4.78 is 4.71. The van der Waals surface area contributed by atoms with Gasteiger partial charge in [-0.2, -0.15) is 0 Å². The summed E-state index contributed by atoms with van der Waals surface area (Å²) in [6.45, 7) is 3.20. The molecular formula is C19H23NO2. The summed E-state index contributed by atoms with van der Waals surface area (Å²) in [6, 6.07) is 7.71. The molecule has 0 aromatic heterocycles. The van der Waals surface area contributed by atoms with Crippen molar-refractivity contribution in [2.24, 2.45) is 0 Å². The van der Waals surface area contributed by atoms with E-state index < -0.39 is 0 Å². The van der Waals surface area contributed by atoms with E-state index in [9.17, 15) is 4.79 Å². The number of carbonyl (C=O) groups is 1. The van der Waals surface area contributed by atoms with Crippen molar-refractivity contribution in [3.8, 4) is 0 Å². The van der Waals surface area contributed by atoms with Gasteiger partial charge in [-0.3, -0.25) is 0 Å². The summed E-state index contributed by atoms with van der Waals surface area (Å²) in [5.41, 5.74) is 2.87. The third kappa shape index (κ3) is 4.43. The van der Waals surface area contributed by atoms with Crippen LogP contribution in [0, 0.1) is 0 Å². The van der Waals surface area contributed by atoms with Crippen LogP contribution in [-0.2, 0) is 4.74 Å². The van der Waals surface area contributed by atoms with Crippen molar-refractivity contribution >= 4 is 12.0 Å². The first kappa shape index (κ1) is 16.2. The molecule has 1 atom stereocenters. The van der Waals surface area contributed by atoms with Gasteiger partial charge in [-0.15, -0.1) is 0 Å². The molecule has 0 heterocycles. The number of unbranched alkanes of at least 4 members (excludes halogenated alkanes) is 1.